The number of nitrogens with zero attached hydrogens (tertiary/aromatic N) is 1. The number of phenolic OH excluding ortho intramolecular Hbond substituents is 1. The summed E-state index contributed by atoms with van der Waals surface area (Å²) in [6.45, 7) is 1.58. The van der Waals surface area contributed by atoms with E-state index >= 15 is 0 Å². The Morgan fingerprint density at radius 2 is 2.20 bits per heavy atom. The van der Waals surface area contributed by atoms with Gasteiger partial charge in [0.25, 0.3) is 0 Å². The zero-order valence-corrected chi connectivity index (χ0v) is 8.08. The molecule has 0 radical (unpaired) electrons. The molecule has 1 aromatic heterocycles. The monoisotopic (exact) mass is 207 g/mol. The summed E-state index contributed by atoms with van der Waals surface area (Å²) in [6.07, 6.45) is 1.46. The van der Waals surface area contributed by atoms with Gasteiger partial charge in [-0.25, -0.2) is 4.39 Å². The minimum Gasteiger partial charge on any atom is -0.507 e. The lowest BCUT2D eigenvalue weighted by atomic mass is 10.0. The average Bonchev–Trinajstić information content (AvgIpc) is 2.60. The van der Waals surface area contributed by atoms with Crippen LogP contribution in [0.5, 0.6) is 5.75 Å². The molecule has 4 nitrogen and oxygen atoms in total. The van der Waals surface area contributed by atoms with Crippen LogP contribution in [0, 0.1) is 12.7 Å². The second-order valence-corrected chi connectivity index (χ2v) is 3.26. The van der Waals surface area contributed by atoms with E-state index in [1.807, 2.05) is 0 Å². The quantitative estimate of drug-likeness (QED) is 0.667. The van der Waals surface area contributed by atoms with Gasteiger partial charge in [-0.2, -0.15) is 5.10 Å². The number of aromatic amines is 1. The van der Waals surface area contributed by atoms with E-state index in [-0.39, 0.29) is 11.6 Å². The summed E-state index contributed by atoms with van der Waals surface area (Å²) in [5, 5.41) is 15.9. The maximum Gasteiger partial charge on any atom is 0.127 e. The second-order valence-electron chi connectivity index (χ2n) is 3.26. The van der Waals surface area contributed by atoms with Gasteiger partial charge in [-0.3, -0.25) is 5.10 Å². The second kappa shape index (κ2) is 3.27. The first-order valence-corrected chi connectivity index (χ1v) is 4.38. The molecule has 0 aliphatic carbocycles. The van der Waals surface area contributed by atoms with Gasteiger partial charge in [0.15, 0.2) is 0 Å². The smallest absolute Gasteiger partial charge is 0.127 e. The summed E-state index contributed by atoms with van der Waals surface area (Å²) in [5.74, 6) is -0.0931. The van der Waals surface area contributed by atoms with Crippen molar-refractivity contribution in [1.29, 1.82) is 0 Å². The number of benzene rings is 1. The van der Waals surface area contributed by atoms with Gasteiger partial charge in [0.2, 0.25) is 0 Å². The molecule has 78 valence electrons. The lowest BCUT2D eigenvalue weighted by Crippen LogP contribution is -1.92. The topological polar surface area (TPSA) is 74.9 Å². The van der Waals surface area contributed by atoms with Crippen molar-refractivity contribution in [3.63, 3.8) is 0 Å². The Balaban J connectivity index is 2.72. The minimum absolute atomic E-state index is 0.0120. The van der Waals surface area contributed by atoms with Crippen LogP contribution in [0.1, 0.15) is 5.56 Å². The molecule has 0 amide bonds. The normalized spacial score (nSPS) is 10.5. The van der Waals surface area contributed by atoms with Crippen molar-refractivity contribution in [2.75, 3.05) is 5.73 Å². The maximum atomic E-state index is 13.3. The van der Waals surface area contributed by atoms with Gasteiger partial charge < -0.3 is 10.8 Å². The highest BCUT2D eigenvalue weighted by Crippen LogP contribution is 2.35. The fourth-order valence-corrected chi connectivity index (χ4v) is 1.51. The highest BCUT2D eigenvalue weighted by Gasteiger charge is 2.14. The molecule has 0 unspecified atom stereocenters. The van der Waals surface area contributed by atoms with E-state index in [1.165, 1.54) is 18.3 Å². The first-order valence-electron chi connectivity index (χ1n) is 4.38. The number of halogens is 1. The molecule has 0 fully saturated rings. The fraction of sp³-hybridized carbons (Fsp3) is 0.100. The van der Waals surface area contributed by atoms with E-state index in [0.29, 0.717) is 22.5 Å². The van der Waals surface area contributed by atoms with Crippen molar-refractivity contribution in [2.45, 2.75) is 6.92 Å². The molecule has 0 atom stereocenters. The summed E-state index contributed by atoms with van der Waals surface area (Å²) < 4.78 is 13.3. The predicted octanol–water partition coefficient (Wildman–Crippen LogP) is 1.81. The van der Waals surface area contributed by atoms with Crippen LogP contribution in [0.2, 0.25) is 0 Å². The van der Waals surface area contributed by atoms with Crippen molar-refractivity contribution in [3.05, 3.63) is 29.7 Å². The maximum absolute atomic E-state index is 13.3. The molecule has 0 aliphatic heterocycles. The van der Waals surface area contributed by atoms with Crippen molar-refractivity contribution in [2.24, 2.45) is 0 Å². The van der Waals surface area contributed by atoms with Gasteiger partial charge in [-0.05, 0) is 24.6 Å². The van der Waals surface area contributed by atoms with Crippen LogP contribution >= 0.6 is 0 Å². The first kappa shape index (κ1) is 9.51. The Morgan fingerprint density at radius 1 is 1.47 bits per heavy atom. The van der Waals surface area contributed by atoms with Crippen LogP contribution in [0.15, 0.2) is 18.3 Å². The van der Waals surface area contributed by atoms with E-state index < -0.39 is 0 Å². The third-order valence-electron chi connectivity index (χ3n) is 2.32. The van der Waals surface area contributed by atoms with Gasteiger partial charge in [-0.1, -0.05) is 0 Å². The zero-order valence-electron chi connectivity index (χ0n) is 8.08. The molecular weight excluding hydrogens is 197 g/mol. The van der Waals surface area contributed by atoms with Crippen molar-refractivity contribution in [3.8, 4) is 16.9 Å². The van der Waals surface area contributed by atoms with Crippen LogP contribution in [-0.2, 0) is 0 Å². The number of hydrogen-bond donors (Lipinski definition) is 3. The van der Waals surface area contributed by atoms with Crippen LogP contribution < -0.4 is 5.73 Å². The molecule has 2 aromatic rings. The zero-order chi connectivity index (χ0) is 11.0. The molecule has 0 aliphatic rings. The summed E-state index contributed by atoms with van der Waals surface area (Å²) in [6, 6.07) is 2.51. The van der Waals surface area contributed by atoms with Crippen molar-refractivity contribution in [1.82, 2.24) is 10.2 Å². The lowest BCUT2D eigenvalue weighted by molar-refractivity contribution is 0.474. The highest BCUT2D eigenvalue weighted by molar-refractivity contribution is 5.80. The lowest BCUT2D eigenvalue weighted by Gasteiger charge is -2.07. The molecule has 5 heteroatoms. The Morgan fingerprint density at radius 3 is 2.80 bits per heavy atom. The van der Waals surface area contributed by atoms with Crippen LogP contribution in [-0.4, -0.2) is 15.3 Å². The van der Waals surface area contributed by atoms with E-state index in [0.717, 1.165) is 0 Å². The number of nitrogens with two attached hydrogens (primary N) is 1. The van der Waals surface area contributed by atoms with Gasteiger partial charge >= 0.3 is 0 Å². The molecular formula is C10H10FN3O. The molecule has 2 rings (SSSR count). The number of anilines is 1. The van der Waals surface area contributed by atoms with Gasteiger partial charge in [0.1, 0.15) is 17.4 Å². The molecule has 0 saturated carbocycles. The number of rotatable bonds is 1. The van der Waals surface area contributed by atoms with Crippen LogP contribution in [0.4, 0.5) is 10.2 Å². The van der Waals surface area contributed by atoms with E-state index in [2.05, 4.69) is 10.2 Å². The summed E-state index contributed by atoms with van der Waals surface area (Å²) >= 11 is 0. The standard InChI is InChI=1S/C10H10FN3O/c1-5-7(11)2-3-8(15)9(5)6-4-13-14-10(6)12/h2-4,15H,1H3,(H3,12,13,14). The molecule has 0 saturated heterocycles. The number of nitrogen functional groups attached to an aromatic ring is 1. The Labute approximate surface area is 85.6 Å². The number of phenols is 1. The molecule has 1 heterocycles. The van der Waals surface area contributed by atoms with Gasteiger partial charge in [0, 0.05) is 11.1 Å². The van der Waals surface area contributed by atoms with Crippen molar-refractivity contribution >= 4 is 5.82 Å². The molecule has 15 heavy (non-hydrogen) atoms. The number of aromatic nitrogens is 2. The third kappa shape index (κ3) is 1.41. The molecule has 1 aromatic carbocycles. The Bertz CT molecular complexity index is 507. The summed E-state index contributed by atoms with van der Waals surface area (Å²) in [4.78, 5) is 0. The third-order valence-corrected chi connectivity index (χ3v) is 2.32. The largest absolute Gasteiger partial charge is 0.507 e. The first-order chi connectivity index (χ1) is 7.11. The molecule has 0 spiro atoms. The number of hydrogen-bond acceptors (Lipinski definition) is 3. The predicted molar refractivity (Wildman–Crippen MR) is 54.8 cm³/mol. The Kier molecular flexibility index (Phi) is 2.07. The average molecular weight is 207 g/mol. The molecule has 4 N–H and O–H groups in total. The van der Waals surface area contributed by atoms with E-state index in [1.54, 1.807) is 6.92 Å². The van der Waals surface area contributed by atoms with Crippen molar-refractivity contribution < 1.29 is 9.50 Å². The van der Waals surface area contributed by atoms with Crippen LogP contribution in [0.3, 0.4) is 0 Å². The Hall–Kier alpha value is -2.04. The molecule has 0 bridgehead atoms. The highest BCUT2D eigenvalue weighted by atomic mass is 19.1. The number of aromatic hydroxyl groups is 1. The number of nitrogens with one attached hydrogen (secondary N) is 1. The fourth-order valence-electron chi connectivity index (χ4n) is 1.51. The minimum atomic E-state index is -0.386. The SMILES string of the molecule is Cc1c(F)ccc(O)c1-c1cn[nH]c1N. The van der Waals surface area contributed by atoms with Crippen LogP contribution in [0.25, 0.3) is 11.1 Å². The summed E-state index contributed by atoms with van der Waals surface area (Å²) in [5.41, 5.74) is 6.84. The van der Waals surface area contributed by atoms with Gasteiger partial charge in [0.05, 0.1) is 6.20 Å². The number of H-pyrrole nitrogens is 1. The van der Waals surface area contributed by atoms with E-state index in [4.69, 9.17) is 5.73 Å². The summed E-state index contributed by atoms with van der Waals surface area (Å²) in [7, 11) is 0. The van der Waals surface area contributed by atoms with Gasteiger partial charge in [-0.15, -0.1) is 0 Å². The van der Waals surface area contributed by atoms with E-state index in [9.17, 15) is 9.50 Å².